The van der Waals surface area contributed by atoms with Crippen LogP contribution in [0, 0.1) is 10.1 Å². The van der Waals surface area contributed by atoms with Crippen LogP contribution in [-0.4, -0.2) is 14.9 Å². The van der Waals surface area contributed by atoms with Gasteiger partial charge in [-0.1, -0.05) is 0 Å². The minimum atomic E-state index is -0.414. The van der Waals surface area contributed by atoms with E-state index in [9.17, 15) is 10.1 Å². The van der Waals surface area contributed by atoms with E-state index in [0.29, 0.717) is 5.52 Å². The molecule has 0 aliphatic rings. The van der Waals surface area contributed by atoms with Crippen molar-refractivity contribution in [3.63, 3.8) is 0 Å². The topological polar surface area (TPSA) is 68.9 Å². The Labute approximate surface area is 106 Å². The Balaban J connectivity index is 2.14. The molecule has 0 aliphatic carbocycles. The van der Waals surface area contributed by atoms with Crippen LogP contribution >= 0.6 is 11.3 Å². The number of fused-ring (bicyclic) bond motifs is 1. The molecule has 88 valence electrons. The van der Waals surface area contributed by atoms with Gasteiger partial charge < -0.3 is 0 Å². The van der Waals surface area contributed by atoms with Gasteiger partial charge in [-0.25, -0.2) is 4.98 Å². The highest BCUT2D eigenvalue weighted by Gasteiger charge is 2.11. The lowest BCUT2D eigenvalue weighted by atomic mass is 10.3. The molecule has 3 rings (SSSR count). The molecule has 18 heavy (non-hydrogen) atoms. The van der Waals surface area contributed by atoms with E-state index in [4.69, 9.17) is 0 Å². The first-order valence-electron chi connectivity index (χ1n) is 5.19. The number of hydrogen-bond donors (Lipinski definition) is 0. The highest BCUT2D eigenvalue weighted by molar-refractivity contribution is 7.21. The van der Waals surface area contributed by atoms with Crippen molar-refractivity contribution in [3.05, 3.63) is 52.8 Å². The van der Waals surface area contributed by atoms with E-state index in [2.05, 4.69) is 9.97 Å². The van der Waals surface area contributed by atoms with E-state index in [1.165, 1.54) is 23.5 Å². The van der Waals surface area contributed by atoms with Crippen molar-refractivity contribution in [2.45, 2.75) is 0 Å². The molecule has 3 aromatic rings. The Bertz CT molecular complexity index is 725. The predicted octanol–water partition coefficient (Wildman–Crippen LogP) is 3.27. The molecular weight excluding hydrogens is 250 g/mol. The van der Waals surface area contributed by atoms with Crippen LogP contribution in [0.4, 0.5) is 5.69 Å². The maximum absolute atomic E-state index is 10.7. The second-order valence-electron chi connectivity index (χ2n) is 3.67. The average Bonchev–Trinajstić information content (AvgIpc) is 2.82. The molecule has 0 amide bonds. The van der Waals surface area contributed by atoms with E-state index in [1.54, 1.807) is 18.5 Å². The molecule has 0 N–H and O–H groups in total. The minimum Gasteiger partial charge on any atom is -0.264 e. The van der Waals surface area contributed by atoms with Crippen LogP contribution in [-0.2, 0) is 0 Å². The molecule has 5 nitrogen and oxygen atoms in total. The maximum atomic E-state index is 10.7. The van der Waals surface area contributed by atoms with Crippen molar-refractivity contribution in [2.75, 3.05) is 0 Å². The molecule has 0 atom stereocenters. The number of non-ortho nitro benzene ring substituents is 1. The van der Waals surface area contributed by atoms with Crippen LogP contribution < -0.4 is 0 Å². The smallest absolute Gasteiger partial charge is 0.264 e. The Kier molecular flexibility index (Phi) is 2.49. The van der Waals surface area contributed by atoms with Crippen molar-refractivity contribution < 1.29 is 4.92 Å². The molecule has 0 radical (unpaired) electrons. The molecule has 1 aromatic carbocycles. The number of nitro benzene ring substituents is 1. The fourth-order valence-electron chi connectivity index (χ4n) is 1.64. The fourth-order valence-corrected chi connectivity index (χ4v) is 2.58. The largest absolute Gasteiger partial charge is 0.271 e. The van der Waals surface area contributed by atoms with Gasteiger partial charge in [0, 0.05) is 30.1 Å². The summed E-state index contributed by atoms with van der Waals surface area (Å²) in [5.74, 6) is 0. The molecule has 0 spiro atoms. The third-order valence-corrected chi connectivity index (χ3v) is 3.58. The third kappa shape index (κ3) is 1.82. The summed E-state index contributed by atoms with van der Waals surface area (Å²) in [7, 11) is 0. The third-order valence-electron chi connectivity index (χ3n) is 2.49. The van der Waals surface area contributed by atoms with Gasteiger partial charge in [0.25, 0.3) is 5.69 Å². The maximum Gasteiger partial charge on any atom is 0.271 e. The lowest BCUT2D eigenvalue weighted by Crippen LogP contribution is -1.86. The lowest BCUT2D eigenvalue weighted by Gasteiger charge is -1.91. The number of rotatable bonds is 2. The zero-order chi connectivity index (χ0) is 12.5. The first-order chi connectivity index (χ1) is 8.74. The monoisotopic (exact) mass is 257 g/mol. The van der Waals surface area contributed by atoms with Crippen LogP contribution in [0.1, 0.15) is 0 Å². The molecule has 0 unspecified atom stereocenters. The number of aromatic nitrogens is 2. The van der Waals surface area contributed by atoms with Gasteiger partial charge in [-0.3, -0.25) is 15.1 Å². The molecule has 0 aliphatic heterocycles. The lowest BCUT2D eigenvalue weighted by molar-refractivity contribution is -0.384. The molecule has 2 aromatic heterocycles. The molecular formula is C12H7N3O2S. The Morgan fingerprint density at radius 3 is 2.89 bits per heavy atom. The van der Waals surface area contributed by atoms with Crippen LogP contribution in [0.15, 0.2) is 42.7 Å². The molecule has 6 heteroatoms. The summed E-state index contributed by atoms with van der Waals surface area (Å²) in [4.78, 5) is 18.7. The Morgan fingerprint density at radius 2 is 2.17 bits per heavy atom. The number of nitrogens with zero attached hydrogens (tertiary/aromatic N) is 3. The molecule has 2 heterocycles. The van der Waals surface area contributed by atoms with Crippen molar-refractivity contribution >= 4 is 27.2 Å². The van der Waals surface area contributed by atoms with Gasteiger partial charge in [-0.15, -0.1) is 11.3 Å². The van der Waals surface area contributed by atoms with Crippen molar-refractivity contribution in [1.29, 1.82) is 0 Å². The number of nitro groups is 1. The van der Waals surface area contributed by atoms with E-state index >= 15 is 0 Å². The van der Waals surface area contributed by atoms with Gasteiger partial charge in [-0.05, 0) is 18.2 Å². The second-order valence-corrected chi connectivity index (χ2v) is 4.70. The summed E-state index contributed by atoms with van der Waals surface area (Å²) in [5, 5.41) is 11.5. The molecule has 0 fully saturated rings. The standard InChI is InChI=1S/C12H7N3O2S/c16-15(17)9-3-4-11-10(6-9)14-12(18-11)8-2-1-5-13-7-8/h1-7H. The number of pyridine rings is 1. The van der Waals surface area contributed by atoms with Crippen LogP contribution in [0.3, 0.4) is 0 Å². The normalized spacial score (nSPS) is 10.7. The predicted molar refractivity (Wildman–Crippen MR) is 69.5 cm³/mol. The summed E-state index contributed by atoms with van der Waals surface area (Å²) < 4.78 is 0.930. The van der Waals surface area contributed by atoms with Crippen molar-refractivity contribution in [3.8, 4) is 10.6 Å². The summed E-state index contributed by atoms with van der Waals surface area (Å²) >= 11 is 1.50. The zero-order valence-corrected chi connectivity index (χ0v) is 9.92. The van der Waals surface area contributed by atoms with E-state index < -0.39 is 4.92 Å². The zero-order valence-electron chi connectivity index (χ0n) is 9.11. The first kappa shape index (κ1) is 10.8. The SMILES string of the molecule is O=[N+]([O-])c1ccc2sc(-c3cccnc3)nc2c1. The van der Waals surface area contributed by atoms with Crippen molar-refractivity contribution in [2.24, 2.45) is 0 Å². The van der Waals surface area contributed by atoms with Gasteiger partial charge in [0.1, 0.15) is 5.01 Å². The quantitative estimate of drug-likeness (QED) is 0.522. The van der Waals surface area contributed by atoms with Crippen LogP contribution in [0.5, 0.6) is 0 Å². The number of benzene rings is 1. The van der Waals surface area contributed by atoms with Gasteiger partial charge in [0.05, 0.1) is 15.1 Å². The van der Waals surface area contributed by atoms with E-state index in [1.807, 2.05) is 12.1 Å². The molecule has 0 saturated carbocycles. The number of thiazole rings is 1. The molecule has 0 saturated heterocycles. The van der Waals surface area contributed by atoms with Crippen molar-refractivity contribution in [1.82, 2.24) is 9.97 Å². The summed E-state index contributed by atoms with van der Waals surface area (Å²) in [5.41, 5.74) is 1.62. The number of hydrogen-bond acceptors (Lipinski definition) is 5. The van der Waals surface area contributed by atoms with Crippen LogP contribution in [0.2, 0.25) is 0 Å². The first-order valence-corrected chi connectivity index (χ1v) is 6.01. The summed E-state index contributed by atoms with van der Waals surface area (Å²) in [6, 6.07) is 8.47. The highest BCUT2D eigenvalue weighted by Crippen LogP contribution is 2.31. The van der Waals surface area contributed by atoms with Gasteiger partial charge in [0.2, 0.25) is 0 Å². The average molecular weight is 257 g/mol. The van der Waals surface area contributed by atoms with Crippen LogP contribution in [0.25, 0.3) is 20.8 Å². The highest BCUT2D eigenvalue weighted by atomic mass is 32.1. The van der Waals surface area contributed by atoms with Gasteiger partial charge in [-0.2, -0.15) is 0 Å². The summed E-state index contributed by atoms with van der Waals surface area (Å²) in [6.07, 6.45) is 3.42. The van der Waals surface area contributed by atoms with E-state index in [0.717, 1.165) is 15.3 Å². The van der Waals surface area contributed by atoms with Gasteiger partial charge in [0.15, 0.2) is 0 Å². The fraction of sp³-hybridized carbons (Fsp3) is 0. The minimum absolute atomic E-state index is 0.0607. The second kappa shape index (κ2) is 4.15. The van der Waals surface area contributed by atoms with Gasteiger partial charge >= 0.3 is 0 Å². The Morgan fingerprint density at radius 1 is 1.28 bits per heavy atom. The van der Waals surface area contributed by atoms with E-state index in [-0.39, 0.29) is 5.69 Å². The summed E-state index contributed by atoms with van der Waals surface area (Å²) in [6.45, 7) is 0. The molecule has 0 bridgehead atoms. The Hall–Kier alpha value is -2.34.